The maximum atomic E-state index is 11.8. The number of halogens is 2. The Labute approximate surface area is 155 Å². The van der Waals surface area contributed by atoms with Crippen LogP contribution in [0.5, 0.6) is 5.75 Å². The molecular formula is C18H17Cl2NO4. The largest absolute Gasteiger partial charge is 0.492 e. The molecule has 0 fully saturated rings. The van der Waals surface area contributed by atoms with Crippen molar-refractivity contribution >= 4 is 35.1 Å². The Hall–Kier alpha value is -2.24. The van der Waals surface area contributed by atoms with Crippen LogP contribution in [-0.2, 0) is 20.7 Å². The lowest BCUT2D eigenvalue weighted by Gasteiger charge is -2.09. The summed E-state index contributed by atoms with van der Waals surface area (Å²) < 4.78 is 10.4. The quantitative estimate of drug-likeness (QED) is 0.562. The minimum absolute atomic E-state index is 0.0274. The zero-order chi connectivity index (χ0) is 18.1. The van der Waals surface area contributed by atoms with Crippen LogP contribution in [0.1, 0.15) is 5.56 Å². The van der Waals surface area contributed by atoms with Gasteiger partial charge in [0.05, 0.1) is 13.0 Å². The number of rotatable bonds is 8. The third kappa shape index (κ3) is 7.03. The van der Waals surface area contributed by atoms with E-state index in [1.807, 2.05) is 30.3 Å². The van der Waals surface area contributed by atoms with E-state index in [9.17, 15) is 9.59 Å². The van der Waals surface area contributed by atoms with E-state index in [2.05, 4.69) is 5.32 Å². The highest BCUT2D eigenvalue weighted by molar-refractivity contribution is 6.35. The molecule has 2 aromatic rings. The average Bonchev–Trinajstić information content (AvgIpc) is 2.60. The van der Waals surface area contributed by atoms with Gasteiger partial charge in [-0.3, -0.25) is 9.59 Å². The standard InChI is InChI=1S/C18H17Cl2NO4/c19-14-7-6-13(16(20)11-14)10-18(23)25-12-17(22)21-8-9-24-15-4-2-1-3-5-15/h1-7,11H,8-10,12H2,(H,21,22). The number of ether oxygens (including phenoxy) is 2. The summed E-state index contributed by atoms with van der Waals surface area (Å²) in [6.45, 7) is 0.285. The van der Waals surface area contributed by atoms with Gasteiger partial charge in [-0.25, -0.2) is 0 Å². The molecule has 132 valence electrons. The summed E-state index contributed by atoms with van der Waals surface area (Å²) in [6, 6.07) is 14.1. The number of esters is 1. The number of nitrogens with one attached hydrogen (secondary N) is 1. The molecule has 2 rings (SSSR count). The zero-order valence-electron chi connectivity index (χ0n) is 13.3. The van der Waals surface area contributed by atoms with Crippen LogP contribution in [0.25, 0.3) is 0 Å². The van der Waals surface area contributed by atoms with E-state index in [0.717, 1.165) is 5.75 Å². The Morgan fingerprint density at radius 3 is 2.52 bits per heavy atom. The molecule has 0 aliphatic heterocycles. The van der Waals surface area contributed by atoms with E-state index in [0.29, 0.717) is 28.8 Å². The van der Waals surface area contributed by atoms with Crippen LogP contribution in [-0.4, -0.2) is 31.6 Å². The highest BCUT2D eigenvalue weighted by Gasteiger charge is 2.11. The van der Waals surface area contributed by atoms with Gasteiger partial charge in [-0.2, -0.15) is 0 Å². The number of carbonyl (C=O) groups is 2. The minimum Gasteiger partial charge on any atom is -0.492 e. The zero-order valence-corrected chi connectivity index (χ0v) is 14.8. The van der Waals surface area contributed by atoms with E-state index >= 15 is 0 Å². The molecule has 0 radical (unpaired) electrons. The van der Waals surface area contributed by atoms with Crippen LogP contribution in [0.3, 0.4) is 0 Å². The van der Waals surface area contributed by atoms with E-state index in [1.54, 1.807) is 18.2 Å². The van der Waals surface area contributed by atoms with E-state index in [1.165, 1.54) is 0 Å². The molecule has 0 heterocycles. The second-order valence-corrected chi connectivity index (χ2v) is 5.93. The predicted octanol–water partition coefficient (Wildman–Crippen LogP) is 3.27. The first-order valence-corrected chi connectivity index (χ1v) is 8.34. The van der Waals surface area contributed by atoms with Gasteiger partial charge in [0.15, 0.2) is 6.61 Å². The smallest absolute Gasteiger partial charge is 0.310 e. The fraction of sp³-hybridized carbons (Fsp3) is 0.222. The van der Waals surface area contributed by atoms with Crippen molar-refractivity contribution in [2.45, 2.75) is 6.42 Å². The van der Waals surface area contributed by atoms with Gasteiger partial charge < -0.3 is 14.8 Å². The van der Waals surface area contributed by atoms with Crippen LogP contribution < -0.4 is 10.1 Å². The normalized spacial score (nSPS) is 10.2. The molecule has 7 heteroatoms. The van der Waals surface area contributed by atoms with Crippen molar-refractivity contribution in [2.75, 3.05) is 19.8 Å². The van der Waals surface area contributed by atoms with Crippen molar-refractivity contribution in [1.29, 1.82) is 0 Å². The Morgan fingerprint density at radius 1 is 1.04 bits per heavy atom. The number of hydrogen-bond donors (Lipinski definition) is 1. The molecule has 0 spiro atoms. The first-order valence-electron chi connectivity index (χ1n) is 7.58. The Morgan fingerprint density at radius 2 is 1.80 bits per heavy atom. The van der Waals surface area contributed by atoms with Gasteiger partial charge in [0.2, 0.25) is 0 Å². The molecular weight excluding hydrogens is 365 g/mol. The van der Waals surface area contributed by atoms with Crippen molar-refractivity contribution in [3.05, 3.63) is 64.1 Å². The molecule has 1 amide bonds. The molecule has 5 nitrogen and oxygen atoms in total. The maximum Gasteiger partial charge on any atom is 0.310 e. The lowest BCUT2D eigenvalue weighted by Crippen LogP contribution is -2.32. The number of benzene rings is 2. The SMILES string of the molecule is O=C(COC(=O)Cc1ccc(Cl)cc1Cl)NCCOc1ccccc1. The Bertz CT molecular complexity index is 722. The second-order valence-electron chi connectivity index (χ2n) is 5.08. The van der Waals surface area contributed by atoms with Crippen LogP contribution in [0.15, 0.2) is 48.5 Å². The van der Waals surface area contributed by atoms with E-state index < -0.39 is 11.9 Å². The lowest BCUT2D eigenvalue weighted by atomic mass is 10.1. The number of hydrogen-bond acceptors (Lipinski definition) is 4. The average molecular weight is 382 g/mol. The molecule has 1 N–H and O–H groups in total. The fourth-order valence-corrected chi connectivity index (χ4v) is 2.42. The number of carbonyl (C=O) groups excluding carboxylic acids is 2. The summed E-state index contributed by atoms with van der Waals surface area (Å²) in [5, 5.41) is 3.47. The van der Waals surface area contributed by atoms with Gasteiger partial charge in [-0.05, 0) is 29.8 Å². The molecule has 0 aliphatic carbocycles. The van der Waals surface area contributed by atoms with Crippen molar-refractivity contribution in [3.8, 4) is 5.75 Å². The van der Waals surface area contributed by atoms with E-state index in [4.69, 9.17) is 32.7 Å². The lowest BCUT2D eigenvalue weighted by molar-refractivity contribution is -0.147. The number of para-hydroxylation sites is 1. The van der Waals surface area contributed by atoms with Crippen LogP contribution in [0.4, 0.5) is 0 Å². The van der Waals surface area contributed by atoms with Gasteiger partial charge >= 0.3 is 5.97 Å². The predicted molar refractivity (Wildman–Crippen MR) is 96.1 cm³/mol. The van der Waals surface area contributed by atoms with Gasteiger partial charge in [0.1, 0.15) is 12.4 Å². The minimum atomic E-state index is -0.542. The highest BCUT2D eigenvalue weighted by atomic mass is 35.5. The van der Waals surface area contributed by atoms with Crippen molar-refractivity contribution in [2.24, 2.45) is 0 Å². The topological polar surface area (TPSA) is 64.6 Å². The Balaban J connectivity index is 1.63. The van der Waals surface area contributed by atoms with Gasteiger partial charge in [0.25, 0.3) is 5.91 Å². The molecule has 0 atom stereocenters. The summed E-state index contributed by atoms with van der Waals surface area (Å²) in [4.78, 5) is 23.4. The molecule has 2 aromatic carbocycles. The van der Waals surface area contributed by atoms with Crippen LogP contribution in [0, 0.1) is 0 Å². The molecule has 0 aliphatic rings. The molecule has 0 saturated heterocycles. The van der Waals surface area contributed by atoms with Gasteiger partial charge in [-0.15, -0.1) is 0 Å². The summed E-state index contributed by atoms with van der Waals surface area (Å²) in [5.41, 5.74) is 0.590. The third-order valence-electron chi connectivity index (χ3n) is 3.15. The molecule has 0 unspecified atom stereocenters. The van der Waals surface area contributed by atoms with Crippen molar-refractivity contribution in [3.63, 3.8) is 0 Å². The van der Waals surface area contributed by atoms with Gasteiger partial charge in [0, 0.05) is 10.0 Å². The maximum absolute atomic E-state index is 11.8. The first-order chi connectivity index (χ1) is 12.0. The van der Waals surface area contributed by atoms with Gasteiger partial charge in [-0.1, -0.05) is 47.5 Å². The summed E-state index contributed by atoms with van der Waals surface area (Å²) >= 11 is 11.8. The first kappa shape index (κ1) is 19.1. The van der Waals surface area contributed by atoms with E-state index in [-0.39, 0.29) is 13.0 Å². The molecule has 25 heavy (non-hydrogen) atoms. The molecule has 0 bridgehead atoms. The Kier molecular flexibility index (Phi) is 7.57. The monoisotopic (exact) mass is 381 g/mol. The summed E-state index contributed by atoms with van der Waals surface area (Å²) in [6.07, 6.45) is -0.0274. The highest BCUT2D eigenvalue weighted by Crippen LogP contribution is 2.21. The second kappa shape index (κ2) is 9.91. The molecule has 0 aromatic heterocycles. The summed E-state index contributed by atoms with van der Waals surface area (Å²) in [7, 11) is 0. The molecule has 0 saturated carbocycles. The third-order valence-corrected chi connectivity index (χ3v) is 3.74. The number of amides is 1. The fourth-order valence-electron chi connectivity index (χ4n) is 1.94. The van der Waals surface area contributed by atoms with Crippen molar-refractivity contribution in [1.82, 2.24) is 5.32 Å². The van der Waals surface area contributed by atoms with Crippen LogP contribution >= 0.6 is 23.2 Å². The van der Waals surface area contributed by atoms with Crippen molar-refractivity contribution < 1.29 is 19.1 Å². The van der Waals surface area contributed by atoms with Crippen LogP contribution in [0.2, 0.25) is 10.0 Å². The summed E-state index contributed by atoms with van der Waals surface area (Å²) in [5.74, 6) is -0.213.